The Kier molecular flexibility index (Phi) is 5.79. The van der Waals surface area contributed by atoms with Gasteiger partial charge >= 0.3 is 0 Å². The van der Waals surface area contributed by atoms with Gasteiger partial charge in [0.2, 0.25) is 15.9 Å². The van der Waals surface area contributed by atoms with Crippen molar-refractivity contribution in [2.45, 2.75) is 44.2 Å². The van der Waals surface area contributed by atoms with Crippen LogP contribution in [0.3, 0.4) is 0 Å². The van der Waals surface area contributed by atoms with Gasteiger partial charge in [0.15, 0.2) is 0 Å². The second-order valence-electron chi connectivity index (χ2n) is 8.84. The standard InChI is InChI=1S/C25H26N2O4S/c1-25(2,3)27-32(29,30)22-11-7-5-9-18(22)15-26-23(28)14-19-16-31-21-13-12-17-8-4-6-10-20(17)24(19)21/h4-13,16,27H,14-15H2,1-3H3,(H,26,28). The molecule has 32 heavy (non-hydrogen) atoms. The van der Waals surface area contributed by atoms with Gasteiger partial charge in [-0.1, -0.05) is 48.5 Å². The predicted octanol–water partition coefficient (Wildman–Crippen LogP) is 4.52. The van der Waals surface area contributed by atoms with Crippen LogP contribution in [-0.4, -0.2) is 19.9 Å². The molecule has 0 aliphatic rings. The maximum absolute atomic E-state index is 12.8. The lowest BCUT2D eigenvalue weighted by molar-refractivity contribution is -0.120. The Balaban J connectivity index is 1.53. The molecule has 3 aromatic carbocycles. The number of fused-ring (bicyclic) bond motifs is 3. The molecule has 166 valence electrons. The van der Waals surface area contributed by atoms with Crippen LogP contribution in [-0.2, 0) is 27.8 Å². The van der Waals surface area contributed by atoms with Gasteiger partial charge in [-0.25, -0.2) is 13.1 Å². The van der Waals surface area contributed by atoms with Crippen LogP contribution in [0.4, 0.5) is 0 Å². The third-order valence-electron chi connectivity index (χ3n) is 5.07. The summed E-state index contributed by atoms with van der Waals surface area (Å²) < 4.78 is 33.9. The van der Waals surface area contributed by atoms with Crippen molar-refractivity contribution >= 4 is 37.7 Å². The highest BCUT2D eigenvalue weighted by Gasteiger charge is 2.24. The first-order valence-electron chi connectivity index (χ1n) is 10.4. The van der Waals surface area contributed by atoms with Gasteiger partial charge in [-0.05, 0) is 49.2 Å². The molecule has 0 spiro atoms. The minimum atomic E-state index is -3.72. The largest absolute Gasteiger partial charge is 0.464 e. The number of amides is 1. The fourth-order valence-electron chi connectivity index (χ4n) is 3.80. The van der Waals surface area contributed by atoms with Crippen molar-refractivity contribution in [3.63, 3.8) is 0 Å². The van der Waals surface area contributed by atoms with Crippen LogP contribution in [0, 0.1) is 0 Å². The zero-order valence-electron chi connectivity index (χ0n) is 18.3. The fourth-order valence-corrected chi connectivity index (χ4v) is 5.46. The Morgan fingerprint density at radius 3 is 2.44 bits per heavy atom. The minimum Gasteiger partial charge on any atom is -0.464 e. The van der Waals surface area contributed by atoms with E-state index < -0.39 is 15.6 Å². The van der Waals surface area contributed by atoms with Gasteiger partial charge in [0.05, 0.1) is 17.6 Å². The molecule has 0 radical (unpaired) electrons. The second-order valence-corrected chi connectivity index (χ2v) is 10.5. The average Bonchev–Trinajstić information content (AvgIpc) is 3.14. The first-order chi connectivity index (χ1) is 15.1. The van der Waals surface area contributed by atoms with Crippen molar-refractivity contribution in [2.24, 2.45) is 0 Å². The molecule has 0 fully saturated rings. The number of carbonyl (C=O) groups excluding carboxylic acids is 1. The van der Waals surface area contributed by atoms with E-state index in [-0.39, 0.29) is 23.8 Å². The molecule has 4 rings (SSSR count). The number of rotatable bonds is 6. The molecular formula is C25H26N2O4S. The molecule has 0 unspecified atom stereocenters. The van der Waals surface area contributed by atoms with Gasteiger partial charge in [0.25, 0.3) is 0 Å². The first-order valence-corrected chi connectivity index (χ1v) is 11.9. The topological polar surface area (TPSA) is 88.4 Å². The van der Waals surface area contributed by atoms with Crippen LogP contribution in [0.1, 0.15) is 31.9 Å². The SMILES string of the molecule is CC(C)(C)NS(=O)(=O)c1ccccc1CNC(=O)Cc1coc2ccc3ccccc3c12. The number of benzene rings is 3. The molecule has 6 nitrogen and oxygen atoms in total. The Bertz CT molecular complexity index is 1400. The number of hydrogen-bond donors (Lipinski definition) is 2. The smallest absolute Gasteiger partial charge is 0.241 e. The van der Waals surface area contributed by atoms with E-state index in [0.29, 0.717) is 5.56 Å². The molecule has 1 heterocycles. The molecule has 1 aromatic heterocycles. The van der Waals surface area contributed by atoms with Gasteiger partial charge in [-0.15, -0.1) is 0 Å². The maximum atomic E-state index is 12.8. The molecular weight excluding hydrogens is 424 g/mol. The van der Waals surface area contributed by atoms with Crippen molar-refractivity contribution in [3.8, 4) is 0 Å². The maximum Gasteiger partial charge on any atom is 0.241 e. The van der Waals surface area contributed by atoms with E-state index >= 15 is 0 Å². The molecule has 2 N–H and O–H groups in total. The summed E-state index contributed by atoms with van der Waals surface area (Å²) in [7, 11) is -3.72. The van der Waals surface area contributed by atoms with Gasteiger partial charge in [0.1, 0.15) is 5.58 Å². The number of carbonyl (C=O) groups is 1. The molecule has 0 saturated carbocycles. The summed E-state index contributed by atoms with van der Waals surface area (Å²) in [5, 5.41) is 5.89. The van der Waals surface area contributed by atoms with Crippen LogP contribution < -0.4 is 10.0 Å². The zero-order valence-corrected chi connectivity index (χ0v) is 19.1. The number of furan rings is 1. The monoisotopic (exact) mass is 450 g/mol. The highest BCUT2D eigenvalue weighted by Crippen LogP contribution is 2.30. The van der Waals surface area contributed by atoms with Crippen LogP contribution in [0.2, 0.25) is 0 Å². The number of hydrogen-bond acceptors (Lipinski definition) is 4. The molecule has 0 aliphatic heterocycles. The van der Waals surface area contributed by atoms with E-state index in [2.05, 4.69) is 10.0 Å². The highest BCUT2D eigenvalue weighted by atomic mass is 32.2. The summed E-state index contributed by atoms with van der Waals surface area (Å²) in [6, 6.07) is 18.5. The highest BCUT2D eigenvalue weighted by molar-refractivity contribution is 7.89. The lowest BCUT2D eigenvalue weighted by Crippen LogP contribution is -2.41. The Morgan fingerprint density at radius 2 is 1.66 bits per heavy atom. The minimum absolute atomic E-state index is 0.108. The summed E-state index contributed by atoms with van der Waals surface area (Å²) >= 11 is 0. The average molecular weight is 451 g/mol. The van der Waals surface area contributed by atoms with E-state index in [0.717, 1.165) is 27.3 Å². The van der Waals surface area contributed by atoms with Crippen LogP contribution in [0.5, 0.6) is 0 Å². The Hall–Kier alpha value is -3.16. The Labute approximate surface area is 187 Å². The van der Waals surface area contributed by atoms with Gasteiger partial charge in [-0.2, -0.15) is 0 Å². The lowest BCUT2D eigenvalue weighted by Gasteiger charge is -2.21. The first kappa shape index (κ1) is 22.0. The van der Waals surface area contributed by atoms with E-state index in [1.165, 1.54) is 0 Å². The van der Waals surface area contributed by atoms with Crippen LogP contribution in [0.25, 0.3) is 21.7 Å². The van der Waals surface area contributed by atoms with Gasteiger partial charge in [-0.3, -0.25) is 4.79 Å². The van der Waals surface area contributed by atoms with E-state index in [1.54, 1.807) is 51.3 Å². The summed E-state index contributed by atoms with van der Waals surface area (Å²) in [4.78, 5) is 12.9. The van der Waals surface area contributed by atoms with Crippen molar-refractivity contribution in [2.75, 3.05) is 0 Å². The normalized spacial score (nSPS) is 12.3. The summed E-state index contributed by atoms with van der Waals surface area (Å²) in [5.74, 6) is -0.211. The third-order valence-corrected chi connectivity index (χ3v) is 6.93. The molecule has 0 aliphatic carbocycles. The van der Waals surface area contributed by atoms with Crippen LogP contribution in [0.15, 0.2) is 76.2 Å². The molecule has 0 saturated heterocycles. The van der Waals surface area contributed by atoms with Gasteiger partial charge < -0.3 is 9.73 Å². The second kappa shape index (κ2) is 8.41. The molecule has 4 aromatic rings. The number of sulfonamides is 1. The predicted molar refractivity (Wildman–Crippen MR) is 126 cm³/mol. The van der Waals surface area contributed by atoms with Gasteiger partial charge in [0, 0.05) is 23.0 Å². The molecule has 7 heteroatoms. The lowest BCUT2D eigenvalue weighted by atomic mass is 10.0. The van der Waals surface area contributed by atoms with Crippen molar-refractivity contribution in [1.29, 1.82) is 0 Å². The zero-order chi connectivity index (χ0) is 22.9. The number of nitrogens with one attached hydrogen (secondary N) is 2. The Morgan fingerprint density at radius 1 is 0.938 bits per heavy atom. The molecule has 0 bridgehead atoms. The van der Waals surface area contributed by atoms with Crippen LogP contribution >= 0.6 is 0 Å². The van der Waals surface area contributed by atoms with E-state index in [9.17, 15) is 13.2 Å². The summed E-state index contributed by atoms with van der Waals surface area (Å²) in [6.45, 7) is 5.46. The van der Waals surface area contributed by atoms with Crippen molar-refractivity contribution in [3.05, 3.63) is 78.1 Å². The van der Waals surface area contributed by atoms with Crippen molar-refractivity contribution in [1.82, 2.24) is 10.0 Å². The fraction of sp³-hybridized carbons (Fsp3) is 0.240. The van der Waals surface area contributed by atoms with E-state index in [1.807, 2.05) is 36.4 Å². The molecule has 0 atom stereocenters. The quantitative estimate of drug-likeness (QED) is 0.452. The summed E-state index contributed by atoms with van der Waals surface area (Å²) in [5.41, 5.74) is 1.45. The van der Waals surface area contributed by atoms with E-state index in [4.69, 9.17) is 4.42 Å². The third kappa shape index (κ3) is 4.69. The molecule has 1 amide bonds. The summed E-state index contributed by atoms with van der Waals surface area (Å²) in [6.07, 6.45) is 1.75. The van der Waals surface area contributed by atoms with Crippen molar-refractivity contribution < 1.29 is 17.6 Å².